The number of carbonyl (C=O) groups is 2. The molecule has 0 bridgehead atoms. The van der Waals surface area contributed by atoms with E-state index in [-0.39, 0.29) is 12.4 Å². The fourth-order valence-corrected chi connectivity index (χ4v) is 1.92. The van der Waals surface area contributed by atoms with E-state index in [1.165, 1.54) is 0 Å². The van der Waals surface area contributed by atoms with Gasteiger partial charge in [-0.1, -0.05) is 24.3 Å². The number of ether oxygens (including phenoxy) is 1. The van der Waals surface area contributed by atoms with Crippen LogP contribution in [0.1, 0.15) is 45.7 Å². The van der Waals surface area contributed by atoms with Crippen LogP contribution in [0.25, 0.3) is 0 Å². The van der Waals surface area contributed by atoms with E-state index >= 15 is 0 Å². The number of hydrogen-bond acceptors (Lipinski definition) is 4. The zero-order valence-electron chi connectivity index (χ0n) is 13.8. The van der Waals surface area contributed by atoms with Crippen LogP contribution in [0.5, 0.6) is 0 Å². The van der Waals surface area contributed by atoms with Crippen LogP contribution < -0.4 is 5.73 Å². The topological polar surface area (TPSA) is 89.6 Å². The Hall–Kier alpha value is -1.88. The van der Waals surface area contributed by atoms with Crippen molar-refractivity contribution in [2.45, 2.75) is 58.1 Å². The number of benzene rings is 1. The molecule has 0 saturated heterocycles. The number of carboxylic acid groups (broad SMARTS) is 1. The van der Waals surface area contributed by atoms with E-state index in [0.29, 0.717) is 0 Å². The van der Waals surface area contributed by atoms with Gasteiger partial charge in [0, 0.05) is 0 Å². The van der Waals surface area contributed by atoms with Gasteiger partial charge in [0.15, 0.2) is 0 Å². The van der Waals surface area contributed by atoms with Gasteiger partial charge in [-0.05, 0) is 52.2 Å². The number of carboxylic acids is 1. The van der Waals surface area contributed by atoms with Gasteiger partial charge in [0.05, 0.1) is 5.41 Å². The third kappa shape index (κ3) is 4.84. The Morgan fingerprint density at radius 3 is 2.05 bits per heavy atom. The Labute approximate surface area is 131 Å². The molecule has 1 atom stereocenters. The van der Waals surface area contributed by atoms with Crippen molar-refractivity contribution in [1.82, 2.24) is 0 Å². The predicted molar refractivity (Wildman–Crippen MR) is 84.6 cm³/mol. The summed E-state index contributed by atoms with van der Waals surface area (Å²) in [6.45, 7) is 9.10. The fourth-order valence-electron chi connectivity index (χ4n) is 1.92. The molecule has 0 heterocycles. The van der Waals surface area contributed by atoms with E-state index in [1.54, 1.807) is 26.0 Å². The van der Waals surface area contributed by atoms with Crippen LogP contribution in [0.2, 0.25) is 0 Å². The molecule has 3 N–H and O–H groups in total. The maximum Gasteiger partial charge on any atom is 0.320 e. The molecule has 5 nitrogen and oxygen atoms in total. The Morgan fingerprint density at radius 1 is 1.14 bits per heavy atom. The van der Waals surface area contributed by atoms with Crippen LogP contribution in [0, 0.1) is 0 Å². The maximum absolute atomic E-state index is 12.3. The lowest BCUT2D eigenvalue weighted by Gasteiger charge is -2.29. The average molecular weight is 307 g/mol. The summed E-state index contributed by atoms with van der Waals surface area (Å²) in [6.07, 6.45) is 0.252. The third-order valence-electron chi connectivity index (χ3n) is 3.36. The van der Waals surface area contributed by atoms with Gasteiger partial charge in [0.25, 0.3) is 0 Å². The monoisotopic (exact) mass is 307 g/mol. The summed E-state index contributed by atoms with van der Waals surface area (Å²) in [5.41, 5.74) is 5.83. The molecule has 0 unspecified atom stereocenters. The molecule has 0 aliphatic rings. The van der Waals surface area contributed by atoms with Gasteiger partial charge in [-0.3, -0.25) is 9.59 Å². The molecule has 1 rings (SSSR count). The minimum absolute atomic E-state index is 0.252. The quantitative estimate of drug-likeness (QED) is 0.814. The number of nitrogens with two attached hydrogens (primary N) is 1. The van der Waals surface area contributed by atoms with Gasteiger partial charge < -0.3 is 15.6 Å². The molecule has 0 fully saturated rings. The van der Waals surface area contributed by atoms with Crippen LogP contribution in [0.15, 0.2) is 24.3 Å². The minimum atomic E-state index is -1.03. The average Bonchev–Trinajstić information content (AvgIpc) is 2.37. The first kappa shape index (κ1) is 18.2. The molecule has 5 heteroatoms. The van der Waals surface area contributed by atoms with Crippen LogP contribution in [-0.2, 0) is 26.2 Å². The second-order valence-corrected chi connectivity index (χ2v) is 6.97. The summed E-state index contributed by atoms with van der Waals surface area (Å²) in [6, 6.07) is 6.29. The lowest BCUT2D eigenvalue weighted by molar-refractivity contribution is -0.160. The molecule has 0 aliphatic heterocycles. The zero-order chi connectivity index (χ0) is 17.1. The van der Waals surface area contributed by atoms with Gasteiger partial charge in [0.2, 0.25) is 0 Å². The van der Waals surface area contributed by atoms with Crippen molar-refractivity contribution in [3.8, 4) is 0 Å². The molecule has 0 amide bonds. The van der Waals surface area contributed by atoms with E-state index in [0.717, 1.165) is 11.1 Å². The number of rotatable bonds is 5. The van der Waals surface area contributed by atoms with Crippen molar-refractivity contribution in [3.63, 3.8) is 0 Å². The van der Waals surface area contributed by atoms with Crippen LogP contribution in [0.3, 0.4) is 0 Å². The van der Waals surface area contributed by atoms with Crippen LogP contribution in [-0.4, -0.2) is 28.7 Å². The Kier molecular flexibility index (Phi) is 5.35. The maximum atomic E-state index is 12.3. The Balaban J connectivity index is 2.88. The molecule has 0 aromatic heterocycles. The summed E-state index contributed by atoms with van der Waals surface area (Å²) in [7, 11) is 0. The lowest BCUT2D eigenvalue weighted by atomic mass is 9.84. The SMILES string of the molecule is CC(C)(C)OC(=O)C(C)(C)c1ccc(C[C@H](N)C(=O)O)cc1. The Bertz CT molecular complexity index is 541. The van der Waals surface area contributed by atoms with Gasteiger partial charge in [-0.2, -0.15) is 0 Å². The molecular formula is C17H25NO4. The first-order valence-electron chi connectivity index (χ1n) is 7.25. The molecule has 0 saturated carbocycles. The van der Waals surface area contributed by atoms with Gasteiger partial charge in [-0.15, -0.1) is 0 Å². The number of aliphatic carboxylic acids is 1. The van der Waals surface area contributed by atoms with Crippen LogP contribution >= 0.6 is 0 Å². The summed E-state index contributed by atoms with van der Waals surface area (Å²) in [5, 5.41) is 8.82. The Morgan fingerprint density at radius 2 is 1.64 bits per heavy atom. The van der Waals surface area contributed by atoms with Crippen molar-refractivity contribution < 1.29 is 19.4 Å². The highest BCUT2D eigenvalue weighted by Crippen LogP contribution is 2.27. The normalized spacial score (nSPS) is 13.5. The molecule has 22 heavy (non-hydrogen) atoms. The van der Waals surface area contributed by atoms with Crippen LogP contribution in [0.4, 0.5) is 0 Å². The van der Waals surface area contributed by atoms with E-state index in [1.807, 2.05) is 32.9 Å². The summed E-state index contributed by atoms with van der Waals surface area (Å²) in [5.74, 6) is -1.33. The molecule has 1 aromatic carbocycles. The van der Waals surface area contributed by atoms with Crippen molar-refractivity contribution in [3.05, 3.63) is 35.4 Å². The molecule has 122 valence electrons. The number of hydrogen-bond donors (Lipinski definition) is 2. The molecular weight excluding hydrogens is 282 g/mol. The second-order valence-electron chi connectivity index (χ2n) is 6.97. The van der Waals surface area contributed by atoms with Crippen molar-refractivity contribution in [2.24, 2.45) is 5.73 Å². The summed E-state index contributed by atoms with van der Waals surface area (Å²) in [4.78, 5) is 23.1. The first-order chi connectivity index (χ1) is 9.93. The largest absolute Gasteiger partial charge is 0.480 e. The first-order valence-corrected chi connectivity index (χ1v) is 7.25. The van der Waals surface area contributed by atoms with E-state index in [4.69, 9.17) is 15.6 Å². The highest BCUT2D eigenvalue weighted by Gasteiger charge is 2.34. The van der Waals surface area contributed by atoms with E-state index in [2.05, 4.69) is 0 Å². The van der Waals surface area contributed by atoms with Crippen molar-refractivity contribution >= 4 is 11.9 Å². The lowest BCUT2D eigenvalue weighted by Crippen LogP contribution is -2.36. The van der Waals surface area contributed by atoms with E-state index < -0.39 is 23.0 Å². The molecule has 0 aliphatic carbocycles. The van der Waals surface area contributed by atoms with Gasteiger partial charge in [-0.25, -0.2) is 0 Å². The molecule has 1 aromatic rings. The summed E-state index contributed by atoms with van der Waals surface area (Å²) >= 11 is 0. The highest BCUT2D eigenvalue weighted by molar-refractivity contribution is 5.82. The van der Waals surface area contributed by atoms with Gasteiger partial charge >= 0.3 is 11.9 Å². The highest BCUT2D eigenvalue weighted by atomic mass is 16.6. The molecule has 0 radical (unpaired) electrons. The minimum Gasteiger partial charge on any atom is -0.480 e. The predicted octanol–water partition coefficient (Wildman–Crippen LogP) is 2.26. The standard InChI is InChI=1S/C17H25NO4/c1-16(2,3)22-15(21)17(4,5)12-8-6-11(7-9-12)10-13(18)14(19)20/h6-9,13H,10,18H2,1-5H3,(H,19,20)/t13-/m0/s1. The van der Waals surface area contributed by atoms with Crippen molar-refractivity contribution in [1.29, 1.82) is 0 Å². The van der Waals surface area contributed by atoms with E-state index in [9.17, 15) is 9.59 Å². The van der Waals surface area contributed by atoms with Crippen molar-refractivity contribution in [2.75, 3.05) is 0 Å². The fraction of sp³-hybridized carbons (Fsp3) is 0.529. The molecule has 0 spiro atoms. The third-order valence-corrected chi connectivity index (χ3v) is 3.36. The smallest absolute Gasteiger partial charge is 0.320 e. The van der Waals surface area contributed by atoms with Gasteiger partial charge in [0.1, 0.15) is 11.6 Å². The zero-order valence-corrected chi connectivity index (χ0v) is 13.8. The second kappa shape index (κ2) is 6.48. The number of carbonyl (C=O) groups excluding carboxylic acids is 1. The summed E-state index contributed by atoms with van der Waals surface area (Å²) < 4.78 is 5.45. The number of esters is 1.